The van der Waals surface area contributed by atoms with Crippen LogP contribution in [0.1, 0.15) is 16.8 Å². The zero-order chi connectivity index (χ0) is 14.4. The van der Waals surface area contributed by atoms with Gasteiger partial charge in [0.15, 0.2) is 0 Å². The van der Waals surface area contributed by atoms with Gasteiger partial charge in [-0.15, -0.1) is 12.4 Å². The molecule has 4 nitrogen and oxygen atoms in total. The quantitative estimate of drug-likeness (QED) is 0.820. The van der Waals surface area contributed by atoms with E-state index in [4.69, 9.17) is 4.74 Å². The van der Waals surface area contributed by atoms with Crippen molar-refractivity contribution in [2.45, 2.75) is 6.42 Å². The smallest absolute Gasteiger partial charge is 0.253 e. The predicted molar refractivity (Wildman–Crippen MR) is 87.3 cm³/mol. The van der Waals surface area contributed by atoms with Crippen molar-refractivity contribution in [1.29, 1.82) is 0 Å². The Labute approximate surface area is 132 Å². The van der Waals surface area contributed by atoms with Gasteiger partial charge in [0.1, 0.15) is 12.4 Å². The second-order valence-corrected chi connectivity index (χ2v) is 5.09. The van der Waals surface area contributed by atoms with Crippen molar-refractivity contribution in [1.82, 2.24) is 10.2 Å². The predicted octanol–water partition coefficient (Wildman–Crippen LogP) is 2.35. The molecule has 21 heavy (non-hydrogen) atoms. The van der Waals surface area contributed by atoms with E-state index in [2.05, 4.69) is 11.9 Å². The number of hydrogen-bond acceptors (Lipinski definition) is 3. The molecule has 1 aromatic rings. The molecule has 0 radical (unpaired) electrons. The SMILES string of the molecule is C=CCOc1ccc(C(=O)N2CCC(CNC)C2)cc1.Cl. The molecule has 0 saturated carbocycles. The van der Waals surface area contributed by atoms with Crippen molar-refractivity contribution < 1.29 is 9.53 Å². The number of nitrogens with zero attached hydrogens (tertiary/aromatic N) is 1. The Kier molecular flexibility index (Phi) is 7.26. The maximum absolute atomic E-state index is 12.4. The Morgan fingerprint density at radius 3 is 2.81 bits per heavy atom. The van der Waals surface area contributed by atoms with Crippen molar-refractivity contribution >= 4 is 18.3 Å². The molecular weight excluding hydrogens is 288 g/mol. The minimum absolute atomic E-state index is 0. The molecule has 5 heteroatoms. The van der Waals surface area contributed by atoms with Crippen LogP contribution in [0.15, 0.2) is 36.9 Å². The van der Waals surface area contributed by atoms with E-state index in [1.165, 1.54) is 0 Å². The van der Waals surface area contributed by atoms with Crippen molar-refractivity contribution in [3.05, 3.63) is 42.5 Å². The Hall–Kier alpha value is -1.52. The first-order valence-electron chi connectivity index (χ1n) is 7.02. The van der Waals surface area contributed by atoms with E-state index in [0.717, 1.165) is 37.4 Å². The lowest BCUT2D eigenvalue weighted by Crippen LogP contribution is -2.30. The molecule has 0 aliphatic carbocycles. The number of carbonyl (C=O) groups is 1. The first kappa shape index (κ1) is 17.5. The Balaban J connectivity index is 0.00000220. The number of halogens is 1. The number of nitrogens with one attached hydrogen (secondary N) is 1. The van der Waals surface area contributed by atoms with Crippen LogP contribution in [0.4, 0.5) is 0 Å². The number of amides is 1. The summed E-state index contributed by atoms with van der Waals surface area (Å²) in [5, 5.41) is 3.17. The van der Waals surface area contributed by atoms with Crippen LogP contribution in [0, 0.1) is 5.92 Å². The van der Waals surface area contributed by atoms with Crippen LogP contribution >= 0.6 is 12.4 Å². The third kappa shape index (κ3) is 4.76. The largest absolute Gasteiger partial charge is 0.490 e. The second kappa shape index (κ2) is 8.70. The molecule has 2 rings (SSSR count). The molecule has 1 aliphatic heterocycles. The Morgan fingerprint density at radius 1 is 1.48 bits per heavy atom. The minimum atomic E-state index is 0. The van der Waals surface area contributed by atoms with Crippen molar-refractivity contribution in [2.75, 3.05) is 33.3 Å². The minimum Gasteiger partial charge on any atom is -0.490 e. The summed E-state index contributed by atoms with van der Waals surface area (Å²) in [6.45, 7) is 6.74. The summed E-state index contributed by atoms with van der Waals surface area (Å²) in [6.07, 6.45) is 2.78. The molecule has 0 bridgehead atoms. The molecule has 1 amide bonds. The summed E-state index contributed by atoms with van der Waals surface area (Å²) in [6, 6.07) is 7.31. The summed E-state index contributed by atoms with van der Waals surface area (Å²) in [5.41, 5.74) is 0.723. The van der Waals surface area contributed by atoms with E-state index >= 15 is 0 Å². The van der Waals surface area contributed by atoms with Gasteiger partial charge in [-0.1, -0.05) is 12.7 Å². The topological polar surface area (TPSA) is 41.6 Å². The molecule has 1 heterocycles. The normalized spacial score (nSPS) is 17.2. The summed E-state index contributed by atoms with van der Waals surface area (Å²) in [7, 11) is 1.95. The van der Waals surface area contributed by atoms with E-state index in [-0.39, 0.29) is 18.3 Å². The van der Waals surface area contributed by atoms with Crippen molar-refractivity contribution in [3.8, 4) is 5.75 Å². The van der Waals surface area contributed by atoms with Crippen LogP contribution in [0.5, 0.6) is 5.75 Å². The van der Waals surface area contributed by atoms with Crippen LogP contribution in [0.3, 0.4) is 0 Å². The van der Waals surface area contributed by atoms with E-state index in [1.807, 2.05) is 36.2 Å². The highest BCUT2D eigenvalue weighted by molar-refractivity contribution is 5.94. The maximum Gasteiger partial charge on any atom is 0.253 e. The summed E-state index contributed by atoms with van der Waals surface area (Å²) in [4.78, 5) is 14.3. The summed E-state index contributed by atoms with van der Waals surface area (Å²) >= 11 is 0. The van der Waals surface area contributed by atoms with Gasteiger partial charge in [0.05, 0.1) is 0 Å². The van der Waals surface area contributed by atoms with Crippen LogP contribution in [-0.2, 0) is 0 Å². The molecule has 1 N–H and O–H groups in total. The number of hydrogen-bond donors (Lipinski definition) is 1. The fourth-order valence-corrected chi connectivity index (χ4v) is 2.50. The summed E-state index contributed by atoms with van der Waals surface area (Å²) in [5.74, 6) is 1.44. The van der Waals surface area contributed by atoms with Crippen LogP contribution in [0.25, 0.3) is 0 Å². The lowest BCUT2D eigenvalue weighted by atomic mass is 10.1. The average molecular weight is 311 g/mol. The highest BCUT2D eigenvalue weighted by Gasteiger charge is 2.26. The van der Waals surface area contributed by atoms with Gasteiger partial charge in [-0.05, 0) is 50.2 Å². The number of ether oxygens (including phenoxy) is 1. The highest BCUT2D eigenvalue weighted by Crippen LogP contribution is 2.19. The van der Waals surface area contributed by atoms with E-state index in [0.29, 0.717) is 12.5 Å². The van der Waals surface area contributed by atoms with Crippen LogP contribution in [0.2, 0.25) is 0 Å². The second-order valence-electron chi connectivity index (χ2n) is 5.09. The van der Waals surface area contributed by atoms with E-state index in [9.17, 15) is 4.79 Å². The van der Waals surface area contributed by atoms with Gasteiger partial charge in [0.2, 0.25) is 0 Å². The molecule has 1 aliphatic rings. The van der Waals surface area contributed by atoms with Gasteiger partial charge in [-0.2, -0.15) is 0 Å². The fourth-order valence-electron chi connectivity index (χ4n) is 2.50. The number of carbonyl (C=O) groups excluding carboxylic acids is 1. The standard InChI is InChI=1S/C16H22N2O2.ClH/c1-3-10-20-15-6-4-14(5-7-15)16(19)18-9-8-13(12-18)11-17-2;/h3-7,13,17H,1,8-12H2,2H3;1H. The first-order chi connectivity index (χ1) is 9.74. The Morgan fingerprint density at radius 2 is 2.19 bits per heavy atom. The van der Waals surface area contributed by atoms with Crippen molar-refractivity contribution in [3.63, 3.8) is 0 Å². The van der Waals surface area contributed by atoms with Crippen molar-refractivity contribution in [2.24, 2.45) is 5.92 Å². The fraction of sp³-hybridized carbons (Fsp3) is 0.438. The molecule has 1 saturated heterocycles. The van der Waals surface area contributed by atoms with E-state index in [1.54, 1.807) is 6.08 Å². The molecule has 1 unspecified atom stereocenters. The average Bonchev–Trinajstić information content (AvgIpc) is 2.94. The van der Waals surface area contributed by atoms with Crippen LogP contribution in [-0.4, -0.2) is 44.1 Å². The zero-order valence-corrected chi connectivity index (χ0v) is 13.2. The van der Waals surface area contributed by atoms with Gasteiger partial charge >= 0.3 is 0 Å². The first-order valence-corrected chi connectivity index (χ1v) is 7.02. The van der Waals surface area contributed by atoms with Gasteiger partial charge in [-0.25, -0.2) is 0 Å². The lowest BCUT2D eigenvalue weighted by Gasteiger charge is -2.16. The van der Waals surface area contributed by atoms with Gasteiger partial charge in [0, 0.05) is 18.7 Å². The molecule has 0 spiro atoms. The molecule has 1 aromatic carbocycles. The molecule has 1 atom stereocenters. The number of benzene rings is 1. The summed E-state index contributed by atoms with van der Waals surface area (Å²) < 4.78 is 5.41. The third-order valence-electron chi connectivity index (χ3n) is 3.53. The van der Waals surface area contributed by atoms with Crippen LogP contribution < -0.4 is 10.1 Å². The highest BCUT2D eigenvalue weighted by atomic mass is 35.5. The zero-order valence-electron chi connectivity index (χ0n) is 12.4. The molecule has 1 fully saturated rings. The Bertz CT molecular complexity index is 462. The molecular formula is C16H23ClN2O2. The number of rotatable bonds is 6. The van der Waals surface area contributed by atoms with Gasteiger partial charge in [-0.3, -0.25) is 4.79 Å². The molecule has 0 aromatic heterocycles. The number of likely N-dealkylation sites (tertiary alicyclic amines) is 1. The van der Waals surface area contributed by atoms with E-state index < -0.39 is 0 Å². The van der Waals surface area contributed by atoms with Gasteiger partial charge in [0.25, 0.3) is 5.91 Å². The van der Waals surface area contributed by atoms with Gasteiger partial charge < -0.3 is 15.0 Å². The maximum atomic E-state index is 12.4. The third-order valence-corrected chi connectivity index (χ3v) is 3.53. The lowest BCUT2D eigenvalue weighted by molar-refractivity contribution is 0.0787. The molecule has 116 valence electrons. The monoisotopic (exact) mass is 310 g/mol.